The number of hydrogen-bond donors (Lipinski definition) is 0. The lowest BCUT2D eigenvalue weighted by Crippen LogP contribution is -2.55. The molecular formula is C23H23BrN2O3S3. The number of halogens is 1. The van der Waals surface area contributed by atoms with Crippen molar-refractivity contribution < 1.29 is 14.3 Å². The number of hydrogen-bond acceptors (Lipinski definition) is 8. The lowest BCUT2D eigenvalue weighted by atomic mass is 10.1. The molecule has 1 aromatic heterocycles. The van der Waals surface area contributed by atoms with Crippen molar-refractivity contribution in [3.8, 4) is 5.75 Å². The summed E-state index contributed by atoms with van der Waals surface area (Å²) in [5, 5.41) is 0.116. The number of carbonyl (C=O) groups excluding carboxylic acids is 1. The first-order valence-corrected chi connectivity index (χ1v) is 14.0. The minimum absolute atomic E-state index is 0.116. The van der Waals surface area contributed by atoms with Crippen LogP contribution in [0.2, 0.25) is 0 Å². The first-order chi connectivity index (χ1) is 15.5. The number of aromatic nitrogens is 1. The lowest BCUT2D eigenvalue weighted by molar-refractivity contribution is -0.143. The summed E-state index contributed by atoms with van der Waals surface area (Å²) in [5.74, 6) is 0.482. The maximum atomic E-state index is 13.0. The third kappa shape index (κ3) is 5.27. The van der Waals surface area contributed by atoms with Crippen LogP contribution < -0.4 is 4.74 Å². The van der Waals surface area contributed by atoms with E-state index in [1.54, 1.807) is 40.0 Å². The fourth-order valence-electron chi connectivity index (χ4n) is 3.29. The van der Waals surface area contributed by atoms with Gasteiger partial charge in [0.05, 0.1) is 22.2 Å². The number of esters is 1. The normalized spacial score (nSPS) is 17.7. The van der Waals surface area contributed by atoms with Crippen LogP contribution in [0.15, 0.2) is 64.1 Å². The fraction of sp³-hybridized carbons (Fsp3) is 0.304. The number of ether oxygens (including phenoxy) is 2. The molecule has 1 fully saturated rings. The van der Waals surface area contributed by atoms with Crippen molar-refractivity contribution in [2.24, 2.45) is 0 Å². The number of benzene rings is 2. The van der Waals surface area contributed by atoms with Crippen molar-refractivity contribution >= 4 is 65.0 Å². The van der Waals surface area contributed by atoms with Gasteiger partial charge in [0.1, 0.15) is 23.4 Å². The van der Waals surface area contributed by atoms with Gasteiger partial charge in [-0.05, 0) is 60.0 Å². The van der Waals surface area contributed by atoms with Crippen molar-refractivity contribution in [1.29, 1.82) is 0 Å². The summed E-state index contributed by atoms with van der Waals surface area (Å²) in [6.45, 7) is 4.89. The maximum absolute atomic E-state index is 13.0. The third-order valence-electron chi connectivity index (χ3n) is 4.96. The Bertz CT molecular complexity index is 1100. The molecule has 168 valence electrons. The smallest absolute Gasteiger partial charge is 0.354 e. The Morgan fingerprint density at radius 1 is 1.22 bits per heavy atom. The van der Waals surface area contributed by atoms with Gasteiger partial charge in [-0.3, -0.25) is 0 Å². The second kappa shape index (κ2) is 10.5. The van der Waals surface area contributed by atoms with Gasteiger partial charge in [-0.15, -0.1) is 11.3 Å². The highest BCUT2D eigenvalue weighted by molar-refractivity contribution is 9.09. The number of likely N-dealkylation sites (tertiary alicyclic amines) is 1. The van der Waals surface area contributed by atoms with Crippen molar-refractivity contribution in [2.75, 3.05) is 13.7 Å². The van der Waals surface area contributed by atoms with Gasteiger partial charge in [-0.25, -0.2) is 9.78 Å². The number of methoxy groups -OCH3 is 1. The molecule has 0 amide bonds. The average molecular weight is 552 g/mol. The largest absolute Gasteiger partial charge is 0.497 e. The number of para-hydroxylation sites is 1. The molecule has 0 unspecified atom stereocenters. The molecule has 0 radical (unpaired) electrons. The summed E-state index contributed by atoms with van der Waals surface area (Å²) in [6, 6.07) is 15.7. The van der Waals surface area contributed by atoms with Gasteiger partial charge in [-0.2, -0.15) is 0 Å². The zero-order valence-corrected chi connectivity index (χ0v) is 21.9. The topological polar surface area (TPSA) is 51.7 Å². The average Bonchev–Trinajstić information content (AvgIpc) is 3.20. The molecule has 9 heteroatoms. The van der Waals surface area contributed by atoms with Gasteiger partial charge in [0.2, 0.25) is 0 Å². The van der Waals surface area contributed by atoms with Gasteiger partial charge in [0.25, 0.3) is 0 Å². The quantitative estimate of drug-likeness (QED) is 0.137. The molecule has 2 aromatic carbocycles. The molecule has 2 atom stereocenters. The standard InChI is InChI=1S/C23H23BrN2O3S3/c1-14(2)20(22(27)29-13-15-8-10-16(28-3)11-9-15)26-12-17(24)21(26)31-32-23-25-18-6-4-5-7-19(18)30-23/h4-11,17,21H,12-13H2,1-3H3/t17-,21+/m0/s1. The first kappa shape index (κ1) is 23.5. The number of fused-ring (bicyclic) bond motifs is 1. The van der Waals surface area contributed by atoms with Gasteiger partial charge in [0, 0.05) is 6.54 Å². The summed E-state index contributed by atoms with van der Waals surface area (Å²) in [6.07, 6.45) is 0. The van der Waals surface area contributed by atoms with Crippen LogP contribution in [0, 0.1) is 0 Å². The van der Waals surface area contributed by atoms with E-state index in [4.69, 9.17) is 14.5 Å². The zero-order valence-electron chi connectivity index (χ0n) is 17.9. The molecule has 0 aliphatic carbocycles. The number of alkyl halides is 1. The van der Waals surface area contributed by atoms with E-state index in [9.17, 15) is 4.79 Å². The minimum atomic E-state index is -0.296. The van der Waals surface area contributed by atoms with E-state index in [0.29, 0.717) is 5.70 Å². The van der Waals surface area contributed by atoms with Crippen LogP contribution in [0.4, 0.5) is 0 Å². The highest BCUT2D eigenvalue weighted by Crippen LogP contribution is 2.47. The van der Waals surface area contributed by atoms with Gasteiger partial charge < -0.3 is 14.4 Å². The Kier molecular flexibility index (Phi) is 7.70. The molecule has 1 saturated heterocycles. The van der Waals surface area contributed by atoms with Crippen LogP contribution in [0.1, 0.15) is 19.4 Å². The van der Waals surface area contributed by atoms with Crippen LogP contribution >= 0.6 is 48.9 Å². The van der Waals surface area contributed by atoms with Crippen molar-refractivity contribution in [2.45, 2.75) is 35.0 Å². The second-order valence-electron chi connectivity index (χ2n) is 7.46. The number of nitrogens with zero attached hydrogens (tertiary/aromatic N) is 2. The zero-order chi connectivity index (χ0) is 22.7. The maximum Gasteiger partial charge on any atom is 0.354 e. The SMILES string of the molecule is COc1ccc(COC(=O)C(=C(C)C)N2C[C@H](Br)[C@H]2SSc2nc3ccccc3s2)cc1. The Morgan fingerprint density at radius 2 is 1.97 bits per heavy atom. The highest BCUT2D eigenvalue weighted by Gasteiger charge is 2.42. The number of allylic oxidation sites excluding steroid dienone is 1. The highest BCUT2D eigenvalue weighted by atomic mass is 79.9. The van der Waals surface area contributed by atoms with Gasteiger partial charge >= 0.3 is 5.97 Å². The Morgan fingerprint density at radius 3 is 2.62 bits per heavy atom. The third-order valence-corrected chi connectivity index (χ3v) is 10.2. The molecule has 3 aromatic rings. The molecule has 0 N–H and O–H groups in total. The van der Waals surface area contributed by atoms with E-state index < -0.39 is 0 Å². The molecule has 0 spiro atoms. The fourth-order valence-corrected chi connectivity index (χ4v) is 8.59. The van der Waals surface area contributed by atoms with E-state index in [0.717, 1.165) is 33.3 Å². The van der Waals surface area contributed by atoms with Crippen molar-refractivity contribution in [3.05, 3.63) is 65.4 Å². The summed E-state index contributed by atoms with van der Waals surface area (Å²) in [7, 11) is 5.00. The van der Waals surface area contributed by atoms with Crippen LogP contribution in [0.5, 0.6) is 5.75 Å². The van der Waals surface area contributed by atoms with Gasteiger partial charge in [0.15, 0.2) is 4.34 Å². The second-order valence-corrected chi connectivity index (χ2v) is 12.2. The van der Waals surface area contributed by atoms with E-state index in [1.165, 1.54) is 4.70 Å². The molecule has 1 aliphatic heterocycles. The van der Waals surface area contributed by atoms with E-state index >= 15 is 0 Å². The van der Waals surface area contributed by atoms with E-state index in [2.05, 4.69) is 26.9 Å². The molecule has 5 nitrogen and oxygen atoms in total. The number of rotatable bonds is 8. The summed E-state index contributed by atoms with van der Waals surface area (Å²) < 4.78 is 13.0. The van der Waals surface area contributed by atoms with Crippen molar-refractivity contribution in [1.82, 2.24) is 9.88 Å². The predicted molar refractivity (Wildman–Crippen MR) is 137 cm³/mol. The Labute approximate surface area is 208 Å². The number of thiazole rings is 1. The Balaban J connectivity index is 1.39. The summed E-state index contributed by atoms with van der Waals surface area (Å²) >= 11 is 5.44. The molecule has 32 heavy (non-hydrogen) atoms. The molecule has 2 heterocycles. The van der Waals surface area contributed by atoms with Crippen LogP contribution in [-0.2, 0) is 16.1 Å². The monoisotopic (exact) mass is 550 g/mol. The molecule has 0 bridgehead atoms. The van der Waals surface area contributed by atoms with Crippen LogP contribution in [0.3, 0.4) is 0 Å². The summed E-state index contributed by atoms with van der Waals surface area (Å²) in [5.41, 5.74) is 3.52. The van der Waals surface area contributed by atoms with Crippen LogP contribution in [0.25, 0.3) is 10.2 Å². The number of carbonyl (C=O) groups is 1. The van der Waals surface area contributed by atoms with E-state index in [1.807, 2.05) is 56.3 Å². The van der Waals surface area contributed by atoms with Gasteiger partial charge in [-0.1, -0.05) is 51.0 Å². The summed E-state index contributed by atoms with van der Waals surface area (Å²) in [4.78, 5) is 20.1. The molecule has 4 rings (SSSR count). The molecule has 0 saturated carbocycles. The van der Waals surface area contributed by atoms with Crippen LogP contribution in [-0.4, -0.2) is 39.7 Å². The Hall–Kier alpha value is -1.68. The van der Waals surface area contributed by atoms with E-state index in [-0.39, 0.29) is 22.8 Å². The lowest BCUT2D eigenvalue weighted by Gasteiger charge is -2.46. The first-order valence-electron chi connectivity index (χ1n) is 10.0. The van der Waals surface area contributed by atoms with Crippen molar-refractivity contribution in [3.63, 3.8) is 0 Å². The molecular weight excluding hydrogens is 528 g/mol. The minimum Gasteiger partial charge on any atom is -0.497 e. The predicted octanol–water partition coefficient (Wildman–Crippen LogP) is 6.49. The molecule has 1 aliphatic rings.